The molecule has 0 unspecified atom stereocenters. The fourth-order valence-corrected chi connectivity index (χ4v) is 4.48. The van der Waals surface area contributed by atoms with E-state index in [1.807, 2.05) is 47.0 Å². The second kappa shape index (κ2) is 10.6. The first-order valence-electron chi connectivity index (χ1n) is 11.5. The number of anilines is 1. The minimum absolute atomic E-state index is 0.140. The fourth-order valence-electron chi connectivity index (χ4n) is 3.74. The Morgan fingerprint density at radius 1 is 1.00 bits per heavy atom. The molecule has 1 aliphatic rings. The number of hydrogen-bond acceptors (Lipinski definition) is 6. The van der Waals surface area contributed by atoms with E-state index in [1.54, 1.807) is 30.5 Å². The Bertz CT molecular complexity index is 1300. The summed E-state index contributed by atoms with van der Waals surface area (Å²) in [6.45, 7) is 0.937. The molecule has 35 heavy (non-hydrogen) atoms. The molecule has 0 spiro atoms. The number of aromatic nitrogens is 3. The molecular weight excluding hydrogens is 462 g/mol. The SMILES string of the molecule is O=C(CSc1nnc(C2CC2)n1Cc1ccco1)Nc1ccccc1C(=O)NCc1ccccc1. The van der Waals surface area contributed by atoms with E-state index in [1.165, 1.54) is 11.8 Å². The number of carbonyl (C=O) groups is 2. The number of furan rings is 1. The number of thioether (sulfide) groups is 1. The zero-order valence-electron chi connectivity index (χ0n) is 19.0. The van der Waals surface area contributed by atoms with Crippen LogP contribution in [0.5, 0.6) is 0 Å². The van der Waals surface area contributed by atoms with Crippen molar-refractivity contribution in [2.45, 2.75) is 37.0 Å². The lowest BCUT2D eigenvalue weighted by Gasteiger charge is -2.12. The van der Waals surface area contributed by atoms with Gasteiger partial charge in [0.25, 0.3) is 5.91 Å². The summed E-state index contributed by atoms with van der Waals surface area (Å²) in [5.74, 6) is 1.84. The zero-order valence-corrected chi connectivity index (χ0v) is 19.8. The van der Waals surface area contributed by atoms with Crippen LogP contribution in [0.3, 0.4) is 0 Å². The van der Waals surface area contributed by atoms with E-state index in [9.17, 15) is 9.59 Å². The second-order valence-electron chi connectivity index (χ2n) is 8.33. The van der Waals surface area contributed by atoms with E-state index < -0.39 is 0 Å². The van der Waals surface area contributed by atoms with Crippen molar-refractivity contribution in [2.24, 2.45) is 0 Å². The maximum atomic E-state index is 12.8. The standard InChI is InChI=1S/C26H25N5O3S/c32-23(17-35-26-30-29-24(19-12-13-19)31(26)16-20-9-6-14-34-20)28-22-11-5-4-10-21(22)25(33)27-15-18-7-2-1-3-8-18/h1-11,14,19H,12-13,15-17H2,(H,27,33)(H,28,32). The number of amides is 2. The minimum atomic E-state index is -0.246. The van der Waals surface area contributed by atoms with Crippen LogP contribution < -0.4 is 10.6 Å². The number of nitrogens with one attached hydrogen (secondary N) is 2. The minimum Gasteiger partial charge on any atom is -0.467 e. The topological polar surface area (TPSA) is 102 Å². The molecule has 9 heteroatoms. The largest absolute Gasteiger partial charge is 0.467 e. The molecule has 1 aliphatic carbocycles. The molecule has 1 fully saturated rings. The molecule has 0 bridgehead atoms. The van der Waals surface area contributed by atoms with Crippen molar-refractivity contribution in [2.75, 3.05) is 11.1 Å². The summed E-state index contributed by atoms with van der Waals surface area (Å²) in [6.07, 6.45) is 3.85. The van der Waals surface area contributed by atoms with Gasteiger partial charge < -0.3 is 15.1 Å². The van der Waals surface area contributed by atoms with Crippen LogP contribution in [0.15, 0.2) is 82.6 Å². The van der Waals surface area contributed by atoms with E-state index in [0.29, 0.717) is 35.4 Å². The highest BCUT2D eigenvalue weighted by Gasteiger charge is 2.31. The maximum absolute atomic E-state index is 12.8. The van der Waals surface area contributed by atoms with E-state index in [0.717, 1.165) is 30.0 Å². The third-order valence-corrected chi connectivity index (χ3v) is 6.62. The average molecular weight is 488 g/mol. The molecule has 2 N–H and O–H groups in total. The third-order valence-electron chi connectivity index (χ3n) is 5.66. The summed E-state index contributed by atoms with van der Waals surface area (Å²) >= 11 is 1.32. The lowest BCUT2D eigenvalue weighted by molar-refractivity contribution is -0.113. The molecule has 0 atom stereocenters. The smallest absolute Gasteiger partial charge is 0.253 e. The van der Waals surface area contributed by atoms with Crippen LogP contribution in [0.4, 0.5) is 5.69 Å². The van der Waals surface area contributed by atoms with Crippen molar-refractivity contribution in [3.8, 4) is 0 Å². The van der Waals surface area contributed by atoms with E-state index in [2.05, 4.69) is 20.8 Å². The van der Waals surface area contributed by atoms with Crippen molar-refractivity contribution >= 4 is 29.3 Å². The number of benzene rings is 2. The molecule has 4 aromatic rings. The quantitative estimate of drug-likeness (QED) is 0.320. The number of para-hydroxylation sites is 1. The normalized spacial score (nSPS) is 12.9. The van der Waals surface area contributed by atoms with Gasteiger partial charge in [-0.05, 0) is 42.7 Å². The summed E-state index contributed by atoms with van der Waals surface area (Å²) in [5, 5.41) is 15.1. The van der Waals surface area contributed by atoms with Crippen LogP contribution in [-0.4, -0.2) is 32.3 Å². The summed E-state index contributed by atoms with van der Waals surface area (Å²) in [7, 11) is 0. The van der Waals surface area contributed by atoms with Gasteiger partial charge in [-0.3, -0.25) is 14.2 Å². The highest BCUT2D eigenvalue weighted by Crippen LogP contribution is 2.40. The molecule has 8 nitrogen and oxygen atoms in total. The van der Waals surface area contributed by atoms with Crippen LogP contribution in [0.25, 0.3) is 0 Å². The van der Waals surface area contributed by atoms with Crippen LogP contribution in [-0.2, 0) is 17.9 Å². The molecule has 2 heterocycles. The fraction of sp³-hybridized carbons (Fsp3) is 0.231. The molecule has 2 amide bonds. The Morgan fingerprint density at radius 3 is 2.57 bits per heavy atom. The van der Waals surface area contributed by atoms with E-state index in [4.69, 9.17) is 4.42 Å². The molecule has 178 valence electrons. The average Bonchev–Trinajstić information content (AvgIpc) is 3.44. The van der Waals surface area contributed by atoms with Gasteiger partial charge in [0.1, 0.15) is 11.6 Å². The first-order chi connectivity index (χ1) is 17.2. The molecule has 0 saturated heterocycles. The summed E-state index contributed by atoms with van der Waals surface area (Å²) in [6, 6.07) is 20.4. The van der Waals surface area contributed by atoms with Crippen molar-refractivity contribution in [1.29, 1.82) is 0 Å². The first-order valence-corrected chi connectivity index (χ1v) is 12.4. The Labute approximate surface area is 207 Å². The van der Waals surface area contributed by atoms with Crippen LogP contribution in [0.1, 0.15) is 46.3 Å². The van der Waals surface area contributed by atoms with Crippen molar-refractivity contribution in [1.82, 2.24) is 20.1 Å². The summed E-state index contributed by atoms with van der Waals surface area (Å²) in [4.78, 5) is 25.6. The monoisotopic (exact) mass is 487 g/mol. The van der Waals surface area contributed by atoms with Gasteiger partial charge in [-0.15, -0.1) is 10.2 Å². The van der Waals surface area contributed by atoms with Crippen molar-refractivity contribution in [3.63, 3.8) is 0 Å². The number of nitrogens with zero attached hydrogens (tertiary/aromatic N) is 3. The number of rotatable bonds is 10. The predicted molar refractivity (Wildman–Crippen MR) is 133 cm³/mol. The molecule has 0 radical (unpaired) electrons. The highest BCUT2D eigenvalue weighted by atomic mass is 32.2. The summed E-state index contributed by atoms with van der Waals surface area (Å²) < 4.78 is 7.53. The van der Waals surface area contributed by atoms with E-state index >= 15 is 0 Å². The summed E-state index contributed by atoms with van der Waals surface area (Å²) in [5.41, 5.74) is 1.89. The van der Waals surface area contributed by atoms with Gasteiger partial charge in [0.15, 0.2) is 5.16 Å². The Morgan fingerprint density at radius 2 is 1.80 bits per heavy atom. The van der Waals surface area contributed by atoms with Gasteiger partial charge in [-0.2, -0.15) is 0 Å². The number of hydrogen-bond donors (Lipinski definition) is 2. The van der Waals surface area contributed by atoms with Gasteiger partial charge in [0, 0.05) is 12.5 Å². The van der Waals surface area contributed by atoms with E-state index in [-0.39, 0.29) is 17.6 Å². The van der Waals surface area contributed by atoms with Gasteiger partial charge in [-0.1, -0.05) is 54.2 Å². The lowest BCUT2D eigenvalue weighted by atomic mass is 10.1. The van der Waals surface area contributed by atoms with Gasteiger partial charge in [-0.25, -0.2) is 0 Å². The van der Waals surface area contributed by atoms with Gasteiger partial charge >= 0.3 is 0 Å². The first kappa shape index (κ1) is 22.9. The number of carbonyl (C=O) groups excluding carboxylic acids is 2. The van der Waals surface area contributed by atoms with Crippen LogP contribution in [0.2, 0.25) is 0 Å². The zero-order chi connectivity index (χ0) is 24.0. The van der Waals surface area contributed by atoms with Crippen molar-refractivity contribution < 1.29 is 14.0 Å². The molecule has 1 saturated carbocycles. The van der Waals surface area contributed by atoms with Crippen LogP contribution >= 0.6 is 11.8 Å². The highest BCUT2D eigenvalue weighted by molar-refractivity contribution is 7.99. The lowest BCUT2D eigenvalue weighted by Crippen LogP contribution is -2.25. The van der Waals surface area contributed by atoms with Gasteiger partial charge in [0.2, 0.25) is 5.91 Å². The molecule has 2 aromatic carbocycles. The van der Waals surface area contributed by atoms with Crippen molar-refractivity contribution in [3.05, 3.63) is 95.7 Å². The third kappa shape index (κ3) is 5.81. The maximum Gasteiger partial charge on any atom is 0.253 e. The molecule has 5 rings (SSSR count). The Hall–Kier alpha value is -3.85. The molecule has 0 aliphatic heterocycles. The Kier molecular flexibility index (Phi) is 6.94. The molecule has 2 aromatic heterocycles. The molecular formula is C26H25N5O3S. The predicted octanol–water partition coefficient (Wildman–Crippen LogP) is 4.46. The van der Waals surface area contributed by atoms with Gasteiger partial charge in [0.05, 0.1) is 29.8 Å². The van der Waals surface area contributed by atoms with Crippen LogP contribution in [0, 0.1) is 0 Å². The Balaban J connectivity index is 1.22. The second-order valence-corrected chi connectivity index (χ2v) is 9.27.